The molecule has 3 unspecified atom stereocenters. The summed E-state index contributed by atoms with van der Waals surface area (Å²) in [6.45, 7) is 1.48. The molecule has 1 aromatic carbocycles. The summed E-state index contributed by atoms with van der Waals surface area (Å²) in [5, 5.41) is 50.2. The Morgan fingerprint density at radius 3 is 2.08 bits per heavy atom. The average molecular weight is 556 g/mol. The van der Waals surface area contributed by atoms with E-state index in [1.165, 1.54) is 12.1 Å². The zero-order valence-corrected chi connectivity index (χ0v) is 21.7. The molecule has 15 nitrogen and oxygen atoms in total. The van der Waals surface area contributed by atoms with Gasteiger partial charge >= 0.3 is 23.9 Å². The van der Waals surface area contributed by atoms with E-state index in [4.69, 9.17) is 10.2 Å². The molecule has 0 aromatic heterocycles. The summed E-state index contributed by atoms with van der Waals surface area (Å²) in [6, 6.07) is 3.14. The Kier molecular flexibility index (Phi) is 15.2. The van der Waals surface area contributed by atoms with Crippen molar-refractivity contribution >= 4 is 29.6 Å². The minimum absolute atomic E-state index is 0.0229. The van der Waals surface area contributed by atoms with Gasteiger partial charge in [0.15, 0.2) is 0 Å². The molecule has 0 fully saturated rings. The van der Waals surface area contributed by atoms with E-state index < -0.39 is 53.5 Å². The number of nitro groups is 1. The lowest BCUT2D eigenvalue weighted by atomic mass is 9.91. The molecule has 8 N–H and O–H groups in total. The highest BCUT2D eigenvalue weighted by Crippen LogP contribution is 2.20. The van der Waals surface area contributed by atoms with Gasteiger partial charge in [-0.1, -0.05) is 25.5 Å². The predicted octanol–water partition coefficient (Wildman–Crippen LogP) is 1.14. The third kappa shape index (κ3) is 14.2. The summed E-state index contributed by atoms with van der Waals surface area (Å²) in [5.74, 6) is -5.26. The fraction of sp³-hybridized carbons (Fsp3) is 0.583. The molecule has 0 saturated carbocycles. The number of non-ortho nitro benzene ring substituents is 1. The Balaban J connectivity index is 2.97. The Hall–Kier alpha value is -3.66. The van der Waals surface area contributed by atoms with Crippen molar-refractivity contribution in [1.82, 2.24) is 21.7 Å². The van der Waals surface area contributed by atoms with Crippen LogP contribution in [-0.2, 0) is 25.6 Å². The molecule has 3 atom stereocenters. The van der Waals surface area contributed by atoms with Crippen molar-refractivity contribution in [2.45, 2.75) is 76.4 Å². The number of nitrogens with one attached hydrogen (secondary N) is 4. The summed E-state index contributed by atoms with van der Waals surface area (Å²) in [6.07, 6.45) is 3.18. The first kappa shape index (κ1) is 33.4. The first-order valence-electron chi connectivity index (χ1n) is 12.5. The molecular formula is C24H37N5O10. The van der Waals surface area contributed by atoms with Crippen LogP contribution in [-0.4, -0.2) is 73.9 Å². The molecule has 1 aromatic rings. The van der Waals surface area contributed by atoms with Crippen molar-refractivity contribution in [3.8, 4) is 0 Å². The highest BCUT2D eigenvalue weighted by molar-refractivity contribution is 5.97. The van der Waals surface area contributed by atoms with Gasteiger partial charge in [0.25, 0.3) is 5.69 Å². The van der Waals surface area contributed by atoms with Crippen molar-refractivity contribution in [1.29, 1.82) is 0 Å². The van der Waals surface area contributed by atoms with E-state index in [2.05, 4.69) is 21.7 Å². The number of hydrogen-bond donors (Lipinski definition) is 8. The lowest BCUT2D eigenvalue weighted by Crippen LogP contribution is -2.54. The van der Waals surface area contributed by atoms with E-state index in [-0.39, 0.29) is 24.4 Å². The number of hydrazine groups is 2. The maximum Gasteiger partial charge on any atom is 0.332 e. The molecule has 0 aliphatic rings. The zero-order valence-electron chi connectivity index (χ0n) is 21.7. The number of benzene rings is 1. The maximum atomic E-state index is 11.5. The van der Waals surface area contributed by atoms with Crippen LogP contribution < -0.4 is 21.7 Å². The molecule has 0 bridgehead atoms. The van der Waals surface area contributed by atoms with Crippen molar-refractivity contribution in [2.24, 2.45) is 5.92 Å². The normalized spacial score (nSPS) is 13.5. The Labute approximate surface area is 225 Å². The minimum Gasteiger partial charge on any atom is -0.481 e. The van der Waals surface area contributed by atoms with Crippen molar-refractivity contribution in [3.05, 3.63) is 39.9 Å². The molecule has 1 rings (SSSR count). The third-order valence-electron chi connectivity index (χ3n) is 6.20. The number of carbonyl (C=O) groups is 4. The van der Waals surface area contributed by atoms with Gasteiger partial charge < -0.3 is 20.4 Å². The number of rotatable bonds is 22. The second-order valence-electron chi connectivity index (χ2n) is 9.19. The number of carboxylic acid groups (broad SMARTS) is 4. The minimum atomic E-state index is -1.86. The van der Waals surface area contributed by atoms with E-state index in [9.17, 15) is 39.5 Å². The summed E-state index contributed by atoms with van der Waals surface area (Å²) >= 11 is 0. The summed E-state index contributed by atoms with van der Waals surface area (Å²) in [4.78, 5) is 55.3. The SMILES string of the molecule is CCC(CCC(CC(CCCc1ccc([N+](=O)[O-])cc1)NC(C(=O)O)C(=O)O)NNNCC(=O)O)CC(=O)O. The topological polar surface area (TPSA) is 240 Å². The van der Waals surface area contributed by atoms with Crippen LogP contribution in [0.1, 0.15) is 57.4 Å². The molecule has 0 amide bonds. The molecule has 218 valence electrons. The maximum absolute atomic E-state index is 11.5. The fourth-order valence-corrected chi connectivity index (χ4v) is 4.09. The van der Waals surface area contributed by atoms with Crippen LogP contribution in [0.25, 0.3) is 0 Å². The highest BCUT2D eigenvalue weighted by Gasteiger charge is 2.29. The van der Waals surface area contributed by atoms with Gasteiger partial charge in [-0.25, -0.2) is 20.4 Å². The van der Waals surface area contributed by atoms with E-state index in [0.29, 0.717) is 38.5 Å². The van der Waals surface area contributed by atoms with Gasteiger partial charge in [-0.05, 0) is 50.0 Å². The summed E-state index contributed by atoms with van der Waals surface area (Å²) in [5.41, 5.74) is 8.75. The van der Waals surface area contributed by atoms with Crippen molar-refractivity contribution < 1.29 is 44.5 Å². The number of nitrogens with zero attached hydrogens (tertiary/aromatic N) is 1. The molecule has 15 heteroatoms. The number of hydrogen-bond acceptors (Lipinski definition) is 10. The smallest absolute Gasteiger partial charge is 0.332 e. The average Bonchev–Trinajstić information content (AvgIpc) is 2.86. The molecule has 0 aliphatic carbocycles. The quantitative estimate of drug-likeness (QED) is 0.0433. The second-order valence-corrected chi connectivity index (χ2v) is 9.19. The van der Waals surface area contributed by atoms with E-state index >= 15 is 0 Å². The number of aliphatic carboxylic acids is 4. The van der Waals surface area contributed by atoms with Crippen molar-refractivity contribution in [3.63, 3.8) is 0 Å². The lowest BCUT2D eigenvalue weighted by molar-refractivity contribution is -0.384. The predicted molar refractivity (Wildman–Crippen MR) is 138 cm³/mol. The number of nitro benzene ring substituents is 1. The largest absolute Gasteiger partial charge is 0.481 e. The molecule has 0 saturated heterocycles. The van der Waals surface area contributed by atoms with Gasteiger partial charge in [-0.15, -0.1) is 0 Å². The van der Waals surface area contributed by atoms with Gasteiger partial charge in [-0.2, -0.15) is 5.53 Å². The van der Waals surface area contributed by atoms with Crippen LogP contribution in [0, 0.1) is 16.0 Å². The standard InChI is InChI=1S/C24H37N5O10/c1-2-15(12-20(30)31)6-9-18(27-28-25-14-21(32)33)13-17(26-22(23(34)35)24(36)37)5-3-4-16-7-10-19(11-8-16)29(38)39/h7-8,10-11,15,17-18,22,25-28H,2-6,9,12-14H2,1H3,(H,30,31)(H,32,33)(H,34,35)(H,36,37). The van der Waals surface area contributed by atoms with Gasteiger partial charge in [0.1, 0.15) is 6.54 Å². The first-order chi connectivity index (χ1) is 18.4. The van der Waals surface area contributed by atoms with Crippen LogP contribution in [0.4, 0.5) is 5.69 Å². The van der Waals surface area contributed by atoms with E-state index in [1.807, 2.05) is 6.92 Å². The number of aryl methyl sites for hydroxylation is 1. The van der Waals surface area contributed by atoms with Crippen LogP contribution in [0.5, 0.6) is 0 Å². The van der Waals surface area contributed by atoms with Gasteiger partial charge in [0, 0.05) is 30.6 Å². The molecule has 0 radical (unpaired) electrons. The highest BCUT2D eigenvalue weighted by atomic mass is 16.6. The van der Waals surface area contributed by atoms with Crippen LogP contribution in [0.15, 0.2) is 24.3 Å². The second kappa shape index (κ2) is 17.8. The van der Waals surface area contributed by atoms with Crippen molar-refractivity contribution in [2.75, 3.05) is 6.54 Å². The first-order valence-corrected chi connectivity index (χ1v) is 12.5. The molecule has 0 aliphatic heterocycles. The molecule has 39 heavy (non-hydrogen) atoms. The van der Waals surface area contributed by atoms with Crippen LogP contribution in [0.2, 0.25) is 0 Å². The summed E-state index contributed by atoms with van der Waals surface area (Å²) < 4.78 is 0. The molecule has 0 spiro atoms. The van der Waals surface area contributed by atoms with E-state index in [0.717, 1.165) is 5.56 Å². The number of carboxylic acids is 4. The van der Waals surface area contributed by atoms with Gasteiger partial charge in [0.2, 0.25) is 6.04 Å². The Morgan fingerprint density at radius 1 is 0.923 bits per heavy atom. The summed E-state index contributed by atoms with van der Waals surface area (Å²) in [7, 11) is 0. The Morgan fingerprint density at radius 2 is 1.56 bits per heavy atom. The van der Waals surface area contributed by atoms with Gasteiger partial charge in [0.05, 0.1) is 4.92 Å². The fourth-order valence-electron chi connectivity index (χ4n) is 4.09. The Bertz CT molecular complexity index is 945. The zero-order chi connectivity index (χ0) is 29.4. The lowest BCUT2D eigenvalue weighted by Gasteiger charge is -2.28. The monoisotopic (exact) mass is 555 g/mol. The van der Waals surface area contributed by atoms with Crippen LogP contribution >= 0.6 is 0 Å². The van der Waals surface area contributed by atoms with E-state index in [1.54, 1.807) is 12.1 Å². The molecule has 0 heterocycles. The van der Waals surface area contributed by atoms with Crippen LogP contribution in [0.3, 0.4) is 0 Å². The molecular weight excluding hydrogens is 518 g/mol. The van der Waals surface area contributed by atoms with Gasteiger partial charge in [-0.3, -0.25) is 25.0 Å². The third-order valence-corrected chi connectivity index (χ3v) is 6.20.